The third kappa shape index (κ3) is 8.09. The number of tetrazole rings is 1. The molecule has 8 nitrogen and oxygen atoms in total. The molecule has 0 radical (unpaired) electrons. The molecular weight excluding hydrogens is 508 g/mol. The van der Waals surface area contributed by atoms with E-state index in [4.69, 9.17) is 5.26 Å². The van der Waals surface area contributed by atoms with Gasteiger partial charge in [-0.25, -0.2) is 4.68 Å². The summed E-state index contributed by atoms with van der Waals surface area (Å²) in [6, 6.07) is 29.7. The van der Waals surface area contributed by atoms with Crippen molar-refractivity contribution >= 4 is 22.8 Å². The molecule has 1 aromatic heterocycles. The minimum absolute atomic E-state index is 0.0311. The van der Waals surface area contributed by atoms with Crippen molar-refractivity contribution in [2.45, 2.75) is 38.8 Å². The molecule has 0 aliphatic carbocycles. The van der Waals surface area contributed by atoms with E-state index in [1.54, 1.807) is 4.68 Å². The van der Waals surface area contributed by atoms with E-state index in [1.807, 2.05) is 60.7 Å². The highest BCUT2D eigenvalue weighted by Crippen LogP contribution is 2.24. The highest BCUT2D eigenvalue weighted by Gasteiger charge is 2.27. The lowest BCUT2D eigenvalue weighted by molar-refractivity contribution is -0.125. The summed E-state index contributed by atoms with van der Waals surface area (Å²) < 4.78 is 1.57. The first kappa shape index (κ1) is 27.7. The Morgan fingerprint density at radius 3 is 2.23 bits per heavy atom. The normalized spacial score (nSPS) is 12.3. The van der Waals surface area contributed by atoms with Gasteiger partial charge in [0, 0.05) is 19.1 Å². The topological polar surface area (TPSA) is 114 Å². The molecule has 9 heteroatoms. The Morgan fingerprint density at radius 1 is 0.923 bits per heavy atom. The van der Waals surface area contributed by atoms with E-state index in [-0.39, 0.29) is 17.4 Å². The standard InChI is InChI=1S/C30H30N6O2S/c1-22(37)39-21-27(19-23-9-4-2-5-10-23)30(38)32-28(29-33-34-35-36(29)18-8-17-31)20-24-13-15-26(16-14-24)25-11-6-3-7-12-25/h2-7,9-16,27-28H,8,18-21H2,1H3,(H,32,38). The fourth-order valence-corrected chi connectivity index (χ4v) is 5.02. The fraction of sp³-hybridized carbons (Fsp3) is 0.267. The number of amides is 1. The molecule has 0 aliphatic heterocycles. The maximum atomic E-state index is 13.7. The van der Waals surface area contributed by atoms with Crippen molar-refractivity contribution in [2.75, 3.05) is 5.75 Å². The molecular formula is C30H30N6O2S. The molecule has 1 N–H and O–H groups in total. The summed E-state index contributed by atoms with van der Waals surface area (Å²) in [7, 11) is 0. The second-order valence-corrected chi connectivity index (χ2v) is 10.4. The first-order chi connectivity index (χ1) is 19.0. The van der Waals surface area contributed by atoms with Gasteiger partial charge in [-0.3, -0.25) is 9.59 Å². The Labute approximate surface area is 232 Å². The summed E-state index contributed by atoms with van der Waals surface area (Å²) in [5.74, 6) is 0.262. The van der Waals surface area contributed by atoms with Crippen molar-refractivity contribution in [3.8, 4) is 17.2 Å². The van der Waals surface area contributed by atoms with Crippen molar-refractivity contribution in [2.24, 2.45) is 5.92 Å². The molecule has 1 heterocycles. The van der Waals surface area contributed by atoms with Gasteiger partial charge in [-0.05, 0) is 39.1 Å². The monoisotopic (exact) mass is 538 g/mol. The largest absolute Gasteiger partial charge is 0.345 e. The van der Waals surface area contributed by atoms with Crippen LogP contribution in [0.25, 0.3) is 11.1 Å². The maximum Gasteiger partial charge on any atom is 0.224 e. The number of thioether (sulfide) groups is 1. The van der Waals surface area contributed by atoms with Crippen LogP contribution in [0.1, 0.15) is 36.3 Å². The number of aryl methyl sites for hydroxylation is 1. The van der Waals surface area contributed by atoms with E-state index in [0.717, 1.165) is 34.0 Å². The Kier molecular flexibility index (Phi) is 9.98. The smallest absolute Gasteiger partial charge is 0.224 e. The van der Waals surface area contributed by atoms with Gasteiger partial charge in [0.05, 0.1) is 31.0 Å². The van der Waals surface area contributed by atoms with E-state index in [2.05, 4.69) is 51.2 Å². The van der Waals surface area contributed by atoms with Gasteiger partial charge in [0.15, 0.2) is 10.9 Å². The molecule has 0 fully saturated rings. The van der Waals surface area contributed by atoms with Gasteiger partial charge >= 0.3 is 0 Å². The predicted molar refractivity (Wildman–Crippen MR) is 151 cm³/mol. The summed E-state index contributed by atoms with van der Waals surface area (Å²) in [6.07, 6.45) is 1.22. The second kappa shape index (κ2) is 14.0. The molecule has 1 amide bonds. The van der Waals surface area contributed by atoms with Crippen molar-refractivity contribution < 1.29 is 9.59 Å². The first-order valence-corrected chi connectivity index (χ1v) is 13.8. The van der Waals surface area contributed by atoms with Gasteiger partial charge in [-0.1, -0.05) is 96.7 Å². The maximum absolute atomic E-state index is 13.7. The second-order valence-electron chi connectivity index (χ2n) is 9.19. The molecule has 0 saturated carbocycles. The van der Waals surface area contributed by atoms with E-state index >= 15 is 0 Å². The lowest BCUT2D eigenvalue weighted by Gasteiger charge is -2.22. The quantitative estimate of drug-likeness (QED) is 0.276. The molecule has 2 unspecified atom stereocenters. The molecule has 0 saturated heterocycles. The number of carbonyl (C=O) groups excluding carboxylic acids is 2. The van der Waals surface area contributed by atoms with Crippen LogP contribution in [0.4, 0.5) is 0 Å². The Bertz CT molecular complexity index is 1400. The summed E-state index contributed by atoms with van der Waals surface area (Å²) in [4.78, 5) is 25.4. The zero-order valence-electron chi connectivity index (χ0n) is 21.7. The molecule has 0 aliphatic rings. The first-order valence-electron chi connectivity index (χ1n) is 12.8. The average molecular weight is 539 g/mol. The Hall–Kier alpha value is -4.29. The van der Waals surface area contributed by atoms with Crippen LogP contribution in [0.2, 0.25) is 0 Å². The van der Waals surface area contributed by atoms with E-state index in [1.165, 1.54) is 6.92 Å². The average Bonchev–Trinajstić information content (AvgIpc) is 3.43. The molecule has 4 rings (SSSR count). The third-order valence-corrected chi connectivity index (χ3v) is 7.28. The van der Waals surface area contributed by atoms with Crippen LogP contribution < -0.4 is 5.32 Å². The number of hydrogen-bond donors (Lipinski definition) is 1. The zero-order chi connectivity index (χ0) is 27.5. The lowest BCUT2D eigenvalue weighted by atomic mass is 9.98. The zero-order valence-corrected chi connectivity index (χ0v) is 22.6. The Balaban J connectivity index is 1.58. The third-order valence-electron chi connectivity index (χ3n) is 6.31. The van der Waals surface area contributed by atoms with Crippen LogP contribution in [-0.4, -0.2) is 37.0 Å². The number of aromatic nitrogens is 4. The van der Waals surface area contributed by atoms with Crippen molar-refractivity contribution in [3.63, 3.8) is 0 Å². The molecule has 0 spiro atoms. The van der Waals surface area contributed by atoms with Crippen LogP contribution in [0.15, 0.2) is 84.9 Å². The molecule has 0 bridgehead atoms. The number of rotatable bonds is 12. The number of nitrogens with zero attached hydrogens (tertiary/aromatic N) is 5. The van der Waals surface area contributed by atoms with Crippen LogP contribution >= 0.6 is 11.8 Å². The van der Waals surface area contributed by atoms with Gasteiger partial charge < -0.3 is 5.32 Å². The lowest BCUT2D eigenvalue weighted by Crippen LogP contribution is -2.38. The van der Waals surface area contributed by atoms with Crippen LogP contribution in [-0.2, 0) is 29.0 Å². The van der Waals surface area contributed by atoms with Gasteiger partial charge in [0.25, 0.3) is 0 Å². The van der Waals surface area contributed by atoms with Gasteiger partial charge in [-0.15, -0.1) is 5.10 Å². The highest BCUT2D eigenvalue weighted by atomic mass is 32.2. The van der Waals surface area contributed by atoms with Crippen molar-refractivity contribution in [1.82, 2.24) is 25.5 Å². The number of hydrogen-bond acceptors (Lipinski definition) is 7. The number of nitriles is 1. The highest BCUT2D eigenvalue weighted by molar-refractivity contribution is 8.13. The molecule has 39 heavy (non-hydrogen) atoms. The minimum atomic E-state index is -0.519. The molecule has 4 aromatic rings. The summed E-state index contributed by atoms with van der Waals surface area (Å²) in [5.41, 5.74) is 4.25. The number of benzene rings is 3. The SMILES string of the molecule is CC(=O)SCC(Cc1ccccc1)C(=O)NC(Cc1ccc(-c2ccccc2)cc1)c1nnnn1CCC#N. The predicted octanol–water partition coefficient (Wildman–Crippen LogP) is 4.79. The van der Waals surface area contributed by atoms with Gasteiger partial charge in [-0.2, -0.15) is 5.26 Å². The van der Waals surface area contributed by atoms with Crippen LogP contribution in [0, 0.1) is 17.2 Å². The summed E-state index contributed by atoms with van der Waals surface area (Å²) in [5, 5.41) is 24.3. The Morgan fingerprint density at radius 2 is 1.56 bits per heavy atom. The van der Waals surface area contributed by atoms with E-state index in [0.29, 0.717) is 31.0 Å². The summed E-state index contributed by atoms with van der Waals surface area (Å²) in [6.45, 7) is 1.83. The minimum Gasteiger partial charge on any atom is -0.345 e. The van der Waals surface area contributed by atoms with Crippen molar-refractivity contribution in [1.29, 1.82) is 5.26 Å². The van der Waals surface area contributed by atoms with Gasteiger partial charge in [0.2, 0.25) is 5.91 Å². The number of carbonyl (C=O) groups is 2. The van der Waals surface area contributed by atoms with E-state index in [9.17, 15) is 9.59 Å². The van der Waals surface area contributed by atoms with E-state index < -0.39 is 12.0 Å². The number of nitrogens with one attached hydrogen (secondary N) is 1. The molecule has 2 atom stereocenters. The molecule has 3 aromatic carbocycles. The molecule has 198 valence electrons. The van der Waals surface area contributed by atoms with Gasteiger partial charge in [0.1, 0.15) is 0 Å². The fourth-order valence-electron chi connectivity index (χ4n) is 4.32. The van der Waals surface area contributed by atoms with Crippen molar-refractivity contribution in [3.05, 3.63) is 102 Å². The summed E-state index contributed by atoms with van der Waals surface area (Å²) >= 11 is 1.15. The van der Waals surface area contributed by atoms with Crippen LogP contribution in [0.5, 0.6) is 0 Å². The van der Waals surface area contributed by atoms with Crippen LogP contribution in [0.3, 0.4) is 0 Å².